The highest BCUT2D eigenvalue weighted by molar-refractivity contribution is 7.12. The number of carbonyl (C=O) groups excluding carboxylic acids is 2. The van der Waals surface area contributed by atoms with Crippen molar-refractivity contribution in [3.8, 4) is 0 Å². The molecule has 0 saturated carbocycles. The second kappa shape index (κ2) is 12.3. The van der Waals surface area contributed by atoms with Crippen LogP contribution in [-0.4, -0.2) is 60.2 Å². The number of piperidine rings is 1. The number of hydrogen-bond acceptors (Lipinski definition) is 6. The normalized spacial score (nSPS) is 17.6. The molecule has 2 aliphatic rings. The first-order valence-corrected chi connectivity index (χ1v) is 14.5. The Morgan fingerprint density at radius 1 is 0.930 bits per heavy atom. The predicted octanol–water partition coefficient (Wildman–Crippen LogP) is 7.41. The molecule has 0 radical (unpaired) electrons. The van der Waals surface area contributed by atoms with E-state index in [1.807, 2.05) is 0 Å². The number of alkyl halides is 6. The minimum absolute atomic E-state index is 0.0802. The van der Waals surface area contributed by atoms with Crippen molar-refractivity contribution < 1.29 is 45.4 Å². The van der Waals surface area contributed by atoms with Crippen LogP contribution in [-0.2, 0) is 21.8 Å². The van der Waals surface area contributed by atoms with Gasteiger partial charge in [-0.25, -0.2) is 9.69 Å². The third-order valence-corrected chi connectivity index (χ3v) is 8.51. The van der Waals surface area contributed by atoms with Gasteiger partial charge in [0.05, 0.1) is 22.5 Å². The smallest absolute Gasteiger partial charge is 0.417 e. The molecule has 43 heavy (non-hydrogen) atoms. The lowest BCUT2D eigenvalue weighted by Crippen LogP contribution is -2.47. The summed E-state index contributed by atoms with van der Waals surface area (Å²) in [5, 5.41) is 1.76. The van der Waals surface area contributed by atoms with Crippen LogP contribution in [0.25, 0.3) is 0 Å². The lowest BCUT2D eigenvalue weighted by atomic mass is 9.91. The third-order valence-electron chi connectivity index (χ3n) is 7.65. The first kappa shape index (κ1) is 31.0. The van der Waals surface area contributed by atoms with Gasteiger partial charge in [-0.3, -0.25) is 4.79 Å². The Morgan fingerprint density at radius 2 is 1.53 bits per heavy atom. The number of nitrogens with zero attached hydrogens (tertiary/aromatic N) is 2. The Balaban J connectivity index is 1.19. The summed E-state index contributed by atoms with van der Waals surface area (Å²) >= 11 is 1.25. The Kier molecular flexibility index (Phi) is 8.87. The second-order valence-corrected chi connectivity index (χ2v) is 11.6. The highest BCUT2D eigenvalue weighted by Gasteiger charge is 2.49. The van der Waals surface area contributed by atoms with Gasteiger partial charge >= 0.3 is 18.4 Å². The molecule has 0 unspecified atom stereocenters. The number of likely N-dealkylation sites (tertiary alicyclic amines) is 1. The standard InChI is InChI=1S/C30H28F6N2O4S/c31-29(32,33)22-7-1-5-20(17-22)25(21-6-2-8-23(18-21)30(34,35)36)41-15-4-12-37-13-10-28(11-14-37)19-38(27(40)42-28)26(39)24-9-3-16-43-24/h1-3,5-9,16-18,25H,4,10-15,19H2. The molecular formula is C30H28F6N2O4S. The molecule has 13 heteroatoms. The summed E-state index contributed by atoms with van der Waals surface area (Å²) in [7, 11) is 0. The maximum atomic E-state index is 13.4. The summed E-state index contributed by atoms with van der Waals surface area (Å²) in [5.74, 6) is -0.382. The molecule has 3 heterocycles. The molecule has 3 aromatic rings. The Hall–Kier alpha value is -3.42. The van der Waals surface area contributed by atoms with Gasteiger partial charge in [0.1, 0.15) is 11.7 Å². The number of rotatable bonds is 8. The molecule has 1 spiro atoms. The fourth-order valence-corrected chi connectivity index (χ4v) is 6.06. The average Bonchev–Trinajstić information content (AvgIpc) is 3.61. The summed E-state index contributed by atoms with van der Waals surface area (Å²) in [6.07, 6.45) is -9.54. The van der Waals surface area contributed by atoms with Gasteiger partial charge in [0, 0.05) is 39.1 Å². The first-order valence-electron chi connectivity index (χ1n) is 13.6. The van der Waals surface area contributed by atoms with Gasteiger partial charge in [-0.1, -0.05) is 30.3 Å². The molecule has 6 nitrogen and oxygen atoms in total. The number of carbonyl (C=O) groups is 2. The maximum absolute atomic E-state index is 13.4. The van der Waals surface area contributed by atoms with Gasteiger partial charge < -0.3 is 14.4 Å². The van der Waals surface area contributed by atoms with E-state index in [1.165, 1.54) is 35.6 Å². The van der Waals surface area contributed by atoms with Crippen molar-refractivity contribution in [2.24, 2.45) is 0 Å². The molecule has 5 rings (SSSR count). The second-order valence-electron chi connectivity index (χ2n) is 10.6. The van der Waals surface area contributed by atoms with E-state index in [-0.39, 0.29) is 30.2 Å². The molecule has 0 aliphatic carbocycles. The zero-order valence-corrected chi connectivity index (χ0v) is 23.6. The van der Waals surface area contributed by atoms with Crippen LogP contribution in [0.4, 0.5) is 31.1 Å². The van der Waals surface area contributed by atoms with E-state index in [9.17, 15) is 35.9 Å². The van der Waals surface area contributed by atoms with Gasteiger partial charge in [-0.15, -0.1) is 11.3 Å². The summed E-state index contributed by atoms with van der Waals surface area (Å²) in [4.78, 5) is 28.9. The fourth-order valence-electron chi connectivity index (χ4n) is 5.39. The van der Waals surface area contributed by atoms with Crippen LogP contribution in [0.15, 0.2) is 66.0 Å². The van der Waals surface area contributed by atoms with Crippen LogP contribution in [0.5, 0.6) is 0 Å². The molecule has 2 aliphatic heterocycles. The highest BCUT2D eigenvalue weighted by atomic mass is 32.1. The van der Waals surface area contributed by atoms with Crippen LogP contribution in [0, 0.1) is 0 Å². The Morgan fingerprint density at radius 3 is 2.07 bits per heavy atom. The number of benzene rings is 2. The SMILES string of the molecule is O=C1OC2(CCN(CCCOC(c3cccc(C(F)(F)F)c3)c3cccc(C(F)(F)F)c3)CC2)CN1C(=O)c1cccs1. The van der Waals surface area contributed by atoms with E-state index in [4.69, 9.17) is 9.47 Å². The summed E-state index contributed by atoms with van der Waals surface area (Å²) < 4.78 is 91.9. The molecule has 0 atom stereocenters. The zero-order chi connectivity index (χ0) is 30.8. The third kappa shape index (κ3) is 7.22. The molecule has 0 bridgehead atoms. The number of thiophene rings is 1. The van der Waals surface area contributed by atoms with Gasteiger partial charge in [-0.2, -0.15) is 26.3 Å². The van der Waals surface area contributed by atoms with E-state index in [0.717, 1.165) is 29.2 Å². The van der Waals surface area contributed by atoms with Gasteiger partial charge in [0.25, 0.3) is 5.91 Å². The van der Waals surface area contributed by atoms with Crippen LogP contribution in [0.1, 0.15) is 57.3 Å². The molecule has 2 amide bonds. The molecule has 2 saturated heterocycles. The van der Waals surface area contributed by atoms with Crippen molar-refractivity contribution in [2.75, 3.05) is 32.8 Å². The van der Waals surface area contributed by atoms with Crippen LogP contribution in [0.3, 0.4) is 0 Å². The lowest BCUT2D eigenvalue weighted by Gasteiger charge is -2.37. The van der Waals surface area contributed by atoms with Crippen LogP contribution < -0.4 is 0 Å². The van der Waals surface area contributed by atoms with Gasteiger partial charge in [-0.05, 0) is 53.3 Å². The van der Waals surface area contributed by atoms with Gasteiger partial charge in [0.15, 0.2) is 0 Å². The fraction of sp³-hybridized carbons (Fsp3) is 0.400. The van der Waals surface area contributed by atoms with Crippen molar-refractivity contribution in [2.45, 2.75) is 43.3 Å². The summed E-state index contributed by atoms with van der Waals surface area (Å²) in [5.41, 5.74) is -2.40. The minimum atomic E-state index is -4.62. The quantitative estimate of drug-likeness (QED) is 0.193. The van der Waals surface area contributed by atoms with E-state index >= 15 is 0 Å². The molecule has 230 valence electrons. The van der Waals surface area contributed by atoms with Crippen molar-refractivity contribution in [3.05, 3.63) is 93.2 Å². The first-order chi connectivity index (χ1) is 20.3. The number of ether oxygens (including phenoxy) is 2. The van der Waals surface area contributed by atoms with Gasteiger partial charge in [0.2, 0.25) is 0 Å². The summed E-state index contributed by atoms with van der Waals surface area (Å²) in [6, 6.07) is 12.2. The lowest BCUT2D eigenvalue weighted by molar-refractivity contribution is -0.138. The van der Waals surface area contributed by atoms with E-state index in [0.29, 0.717) is 43.8 Å². The number of hydrogen-bond donors (Lipinski definition) is 0. The Bertz CT molecular complexity index is 1380. The number of halogens is 6. The molecule has 0 N–H and O–H groups in total. The average molecular weight is 627 g/mol. The molecule has 2 aromatic carbocycles. The topological polar surface area (TPSA) is 59.1 Å². The van der Waals surface area contributed by atoms with Crippen molar-refractivity contribution in [1.29, 1.82) is 0 Å². The zero-order valence-electron chi connectivity index (χ0n) is 22.8. The predicted molar refractivity (Wildman–Crippen MR) is 146 cm³/mol. The van der Waals surface area contributed by atoms with E-state index < -0.39 is 41.3 Å². The van der Waals surface area contributed by atoms with Crippen molar-refractivity contribution >= 4 is 23.3 Å². The maximum Gasteiger partial charge on any atom is 0.417 e. The molecule has 2 fully saturated rings. The van der Waals surface area contributed by atoms with Crippen molar-refractivity contribution in [3.63, 3.8) is 0 Å². The molecular weight excluding hydrogens is 598 g/mol. The monoisotopic (exact) mass is 626 g/mol. The van der Waals surface area contributed by atoms with E-state index in [2.05, 4.69) is 4.90 Å². The summed E-state index contributed by atoms with van der Waals surface area (Å²) in [6.45, 7) is 1.98. The van der Waals surface area contributed by atoms with Crippen molar-refractivity contribution in [1.82, 2.24) is 9.80 Å². The van der Waals surface area contributed by atoms with E-state index in [1.54, 1.807) is 17.5 Å². The number of amides is 2. The minimum Gasteiger partial charge on any atom is -0.440 e. The van der Waals surface area contributed by atoms with Crippen LogP contribution >= 0.6 is 11.3 Å². The Labute approximate surface area is 247 Å². The van der Waals surface area contributed by atoms with Crippen LogP contribution in [0.2, 0.25) is 0 Å². The largest absolute Gasteiger partial charge is 0.440 e. The highest BCUT2D eigenvalue weighted by Crippen LogP contribution is 2.37. The molecule has 1 aromatic heterocycles. The number of imide groups is 1.